The van der Waals surface area contributed by atoms with E-state index in [4.69, 9.17) is 0 Å². The van der Waals surface area contributed by atoms with Gasteiger partial charge >= 0.3 is 0 Å². The third kappa shape index (κ3) is 4.45. The summed E-state index contributed by atoms with van der Waals surface area (Å²) in [5.41, 5.74) is 0. The van der Waals surface area contributed by atoms with E-state index in [1.165, 1.54) is 25.7 Å². The first-order valence-electron chi connectivity index (χ1n) is 9.68. The Morgan fingerprint density at radius 3 is 2.05 bits per heavy atom. The van der Waals surface area contributed by atoms with Crippen LogP contribution in [0.4, 0.5) is 8.78 Å². The summed E-state index contributed by atoms with van der Waals surface area (Å²) in [4.78, 5) is 0. The lowest BCUT2D eigenvalue weighted by molar-refractivity contribution is -0.00861. The molecule has 2 rings (SSSR count). The van der Waals surface area contributed by atoms with Crippen LogP contribution in [0.1, 0.15) is 79.1 Å². The zero-order chi connectivity index (χ0) is 16.3. The van der Waals surface area contributed by atoms with Gasteiger partial charge in [-0.05, 0) is 74.0 Å². The maximum atomic E-state index is 14.4. The molecule has 2 heteroatoms. The lowest BCUT2D eigenvalue weighted by Gasteiger charge is -2.41. The van der Waals surface area contributed by atoms with Crippen molar-refractivity contribution in [2.75, 3.05) is 0 Å². The van der Waals surface area contributed by atoms with Gasteiger partial charge < -0.3 is 0 Å². The van der Waals surface area contributed by atoms with Crippen molar-refractivity contribution in [1.82, 2.24) is 0 Å². The molecular weight excluding hydrogens is 278 g/mol. The van der Waals surface area contributed by atoms with Crippen LogP contribution in [-0.4, -0.2) is 12.3 Å². The van der Waals surface area contributed by atoms with Crippen LogP contribution in [0.15, 0.2) is 0 Å². The highest BCUT2D eigenvalue weighted by Crippen LogP contribution is 2.45. The molecule has 0 bridgehead atoms. The van der Waals surface area contributed by atoms with E-state index < -0.39 is 12.3 Å². The molecule has 0 spiro atoms. The third-order valence-electron chi connectivity index (χ3n) is 6.64. The normalized spacial score (nSPS) is 41.6. The molecule has 0 amide bonds. The summed E-state index contributed by atoms with van der Waals surface area (Å²) in [7, 11) is 0. The molecule has 5 unspecified atom stereocenters. The summed E-state index contributed by atoms with van der Waals surface area (Å²) >= 11 is 0. The quantitative estimate of drug-likeness (QED) is 0.537. The highest BCUT2D eigenvalue weighted by Gasteiger charge is 2.42. The molecule has 0 N–H and O–H groups in total. The fourth-order valence-corrected chi connectivity index (χ4v) is 4.79. The zero-order valence-corrected chi connectivity index (χ0v) is 15.0. The van der Waals surface area contributed by atoms with Crippen molar-refractivity contribution >= 4 is 0 Å². The van der Waals surface area contributed by atoms with E-state index in [9.17, 15) is 8.78 Å². The Labute approximate surface area is 136 Å². The van der Waals surface area contributed by atoms with Crippen LogP contribution in [0.2, 0.25) is 0 Å². The smallest absolute Gasteiger partial charge is 0.134 e. The molecule has 0 aliphatic heterocycles. The van der Waals surface area contributed by atoms with Crippen LogP contribution in [0, 0.1) is 35.5 Å². The Morgan fingerprint density at radius 1 is 0.818 bits per heavy atom. The molecule has 0 aromatic rings. The van der Waals surface area contributed by atoms with Gasteiger partial charge in [0, 0.05) is 0 Å². The molecule has 0 aromatic heterocycles. The van der Waals surface area contributed by atoms with Crippen LogP contribution < -0.4 is 0 Å². The van der Waals surface area contributed by atoms with Gasteiger partial charge in [0.05, 0.1) is 0 Å². The largest absolute Gasteiger partial charge is 0.244 e. The topological polar surface area (TPSA) is 0 Å². The molecule has 0 nitrogen and oxygen atoms in total. The summed E-state index contributed by atoms with van der Waals surface area (Å²) in [5, 5.41) is 0. The summed E-state index contributed by atoms with van der Waals surface area (Å²) in [6, 6.07) is 0. The van der Waals surface area contributed by atoms with Crippen LogP contribution in [0.25, 0.3) is 0 Å². The summed E-state index contributed by atoms with van der Waals surface area (Å²) in [6.07, 6.45) is 6.72. The zero-order valence-electron chi connectivity index (χ0n) is 15.0. The average molecular weight is 315 g/mol. The van der Waals surface area contributed by atoms with Gasteiger partial charge in [-0.2, -0.15) is 0 Å². The number of hydrogen-bond acceptors (Lipinski definition) is 0. The Bertz CT molecular complexity index is 320. The van der Waals surface area contributed by atoms with Gasteiger partial charge in [-0.1, -0.05) is 40.5 Å². The van der Waals surface area contributed by atoms with E-state index in [0.717, 1.165) is 43.4 Å². The Hall–Kier alpha value is -0.140. The van der Waals surface area contributed by atoms with Gasteiger partial charge in [-0.3, -0.25) is 0 Å². The van der Waals surface area contributed by atoms with Gasteiger partial charge in [-0.25, -0.2) is 8.78 Å². The first-order valence-corrected chi connectivity index (χ1v) is 9.68. The highest BCUT2D eigenvalue weighted by molar-refractivity contribution is 4.91. The van der Waals surface area contributed by atoms with Crippen molar-refractivity contribution in [2.45, 2.75) is 91.4 Å². The lowest BCUT2D eigenvalue weighted by atomic mass is 9.66. The Morgan fingerprint density at radius 2 is 1.45 bits per heavy atom. The maximum absolute atomic E-state index is 14.4. The molecule has 2 fully saturated rings. The van der Waals surface area contributed by atoms with E-state index in [0.29, 0.717) is 5.92 Å². The number of hydrogen-bond donors (Lipinski definition) is 0. The number of rotatable bonds is 5. The second-order valence-electron chi connectivity index (χ2n) is 8.73. The van der Waals surface area contributed by atoms with E-state index in [1.54, 1.807) is 0 Å². The maximum Gasteiger partial charge on any atom is 0.134 e. The minimum atomic E-state index is -1.22. The van der Waals surface area contributed by atoms with Gasteiger partial charge in [0.2, 0.25) is 0 Å². The molecule has 2 aliphatic carbocycles. The van der Waals surface area contributed by atoms with Crippen molar-refractivity contribution in [1.29, 1.82) is 0 Å². The molecule has 0 saturated heterocycles. The third-order valence-corrected chi connectivity index (χ3v) is 6.64. The summed E-state index contributed by atoms with van der Waals surface area (Å²) < 4.78 is 28.3. The molecular formula is C20H36F2. The number of alkyl halides is 2. The first kappa shape index (κ1) is 18.2. The van der Waals surface area contributed by atoms with Crippen molar-refractivity contribution < 1.29 is 8.78 Å². The highest BCUT2D eigenvalue weighted by atomic mass is 19.2. The van der Waals surface area contributed by atoms with Crippen LogP contribution in [-0.2, 0) is 0 Å². The Kier molecular flexibility index (Phi) is 6.71. The summed E-state index contributed by atoms with van der Waals surface area (Å²) in [6.45, 7) is 8.84. The second kappa shape index (κ2) is 8.11. The van der Waals surface area contributed by atoms with Crippen LogP contribution in [0.5, 0.6) is 0 Å². The van der Waals surface area contributed by atoms with Gasteiger partial charge in [0.15, 0.2) is 0 Å². The Balaban J connectivity index is 1.79. The van der Waals surface area contributed by atoms with Gasteiger partial charge in [0.25, 0.3) is 0 Å². The van der Waals surface area contributed by atoms with Crippen LogP contribution in [0.3, 0.4) is 0 Å². The SMILES string of the molecule is CC(C)CCC(C)C1CCC(C2CCC(C)C(F)C2F)CC1. The van der Waals surface area contributed by atoms with Gasteiger partial charge in [0.1, 0.15) is 12.3 Å². The van der Waals surface area contributed by atoms with Crippen molar-refractivity contribution in [3.8, 4) is 0 Å². The molecule has 0 heterocycles. The van der Waals surface area contributed by atoms with E-state index in [-0.39, 0.29) is 11.8 Å². The number of halogens is 2. The fourth-order valence-electron chi connectivity index (χ4n) is 4.79. The van der Waals surface area contributed by atoms with E-state index in [1.807, 2.05) is 6.92 Å². The molecule has 2 aliphatic rings. The second-order valence-corrected chi connectivity index (χ2v) is 8.73. The molecule has 0 radical (unpaired) electrons. The van der Waals surface area contributed by atoms with Crippen LogP contribution >= 0.6 is 0 Å². The predicted octanol–water partition coefficient (Wildman–Crippen LogP) is 6.59. The van der Waals surface area contributed by atoms with Gasteiger partial charge in [-0.15, -0.1) is 0 Å². The first-order chi connectivity index (χ1) is 10.4. The summed E-state index contributed by atoms with van der Waals surface area (Å²) in [5.74, 6) is 2.75. The molecule has 0 aromatic carbocycles. The fraction of sp³-hybridized carbons (Fsp3) is 1.00. The van der Waals surface area contributed by atoms with Crippen molar-refractivity contribution in [3.63, 3.8) is 0 Å². The van der Waals surface area contributed by atoms with E-state index >= 15 is 0 Å². The lowest BCUT2D eigenvalue weighted by Crippen LogP contribution is -2.41. The molecule has 130 valence electrons. The minimum absolute atomic E-state index is 0.00174. The predicted molar refractivity (Wildman–Crippen MR) is 90.4 cm³/mol. The standard InChI is InChI=1S/C20H36F2/c1-13(2)5-6-14(3)16-8-10-17(11-9-16)18-12-7-15(4)19(21)20(18)22/h13-20H,5-12H2,1-4H3. The average Bonchev–Trinajstić information content (AvgIpc) is 2.51. The van der Waals surface area contributed by atoms with Crippen molar-refractivity contribution in [2.24, 2.45) is 35.5 Å². The molecule has 5 atom stereocenters. The molecule has 22 heavy (non-hydrogen) atoms. The van der Waals surface area contributed by atoms with E-state index in [2.05, 4.69) is 20.8 Å². The monoisotopic (exact) mass is 314 g/mol. The molecule has 2 saturated carbocycles. The minimum Gasteiger partial charge on any atom is -0.244 e. The van der Waals surface area contributed by atoms with Crippen molar-refractivity contribution in [3.05, 3.63) is 0 Å².